The van der Waals surface area contributed by atoms with Crippen LogP contribution in [0.1, 0.15) is 12.6 Å². The Labute approximate surface area is 216 Å². The van der Waals surface area contributed by atoms with E-state index in [9.17, 15) is 0 Å². The number of fused-ring (bicyclic) bond motifs is 2. The average molecular weight is 520 g/mol. The first-order chi connectivity index (χ1) is 17.6. The summed E-state index contributed by atoms with van der Waals surface area (Å²) in [6.45, 7) is 3.44. The minimum atomic E-state index is 0.0474. The lowest BCUT2D eigenvalue weighted by Crippen LogP contribution is -2.54. The van der Waals surface area contributed by atoms with Crippen molar-refractivity contribution < 1.29 is 9.47 Å². The van der Waals surface area contributed by atoms with E-state index in [0.29, 0.717) is 28.9 Å². The zero-order chi connectivity index (χ0) is 24.6. The molecule has 0 saturated carbocycles. The predicted octanol–water partition coefficient (Wildman–Crippen LogP) is 4.94. The number of aromatic nitrogens is 6. The third kappa shape index (κ3) is 4.27. The number of benzene rings is 1. The molecule has 182 valence electrons. The Balaban J connectivity index is 1.28. The Bertz CT molecular complexity index is 1550. The molecule has 1 saturated heterocycles. The Kier molecular flexibility index (Phi) is 5.98. The maximum Gasteiger partial charge on any atom is 0.196 e. The molecule has 1 N–H and O–H groups in total. The van der Waals surface area contributed by atoms with E-state index in [4.69, 9.17) is 31.0 Å². The largest absolute Gasteiger partial charge is 0.497 e. The summed E-state index contributed by atoms with van der Waals surface area (Å²) in [6, 6.07) is 9.55. The first-order valence-corrected chi connectivity index (χ1v) is 12.7. The van der Waals surface area contributed by atoms with Gasteiger partial charge in [-0.05, 0) is 48.5 Å². The number of methoxy groups -OCH3 is 1. The van der Waals surface area contributed by atoms with E-state index in [2.05, 4.69) is 31.8 Å². The van der Waals surface area contributed by atoms with Gasteiger partial charge in [0.15, 0.2) is 10.8 Å². The van der Waals surface area contributed by atoms with E-state index in [-0.39, 0.29) is 6.10 Å². The molecule has 9 nitrogen and oxygen atoms in total. The Morgan fingerprint density at radius 3 is 2.64 bits per heavy atom. The second-order valence-electron chi connectivity index (χ2n) is 8.32. The lowest BCUT2D eigenvalue weighted by molar-refractivity contribution is 0.167. The molecule has 0 spiro atoms. The van der Waals surface area contributed by atoms with Gasteiger partial charge in [0.25, 0.3) is 0 Å². The van der Waals surface area contributed by atoms with E-state index in [1.54, 1.807) is 25.7 Å². The smallest absolute Gasteiger partial charge is 0.196 e. The summed E-state index contributed by atoms with van der Waals surface area (Å²) in [5.41, 5.74) is 2.99. The van der Waals surface area contributed by atoms with Crippen molar-refractivity contribution in [2.45, 2.75) is 29.5 Å². The maximum atomic E-state index is 6.75. The summed E-state index contributed by atoms with van der Waals surface area (Å²) in [5.74, 6) is 2.41. The molecule has 0 unspecified atom stereocenters. The number of nitrogens with one attached hydrogen (secondary N) is 1. The van der Waals surface area contributed by atoms with Gasteiger partial charge in [0.2, 0.25) is 0 Å². The summed E-state index contributed by atoms with van der Waals surface area (Å²) in [6.07, 6.45) is 5.86. The molecule has 0 amide bonds. The second kappa shape index (κ2) is 9.44. The Hall–Kier alpha value is -3.63. The van der Waals surface area contributed by atoms with Crippen LogP contribution in [0.4, 0.5) is 5.82 Å². The van der Waals surface area contributed by atoms with Crippen LogP contribution in [0.5, 0.6) is 11.5 Å². The van der Waals surface area contributed by atoms with Crippen LogP contribution < -0.4 is 14.4 Å². The van der Waals surface area contributed by atoms with Gasteiger partial charge >= 0.3 is 0 Å². The number of H-pyrrole nitrogens is 1. The number of ether oxygens (including phenoxy) is 2. The normalized spacial score (nSPS) is 13.8. The van der Waals surface area contributed by atoms with Gasteiger partial charge in [-0.2, -0.15) is 0 Å². The summed E-state index contributed by atoms with van der Waals surface area (Å²) in [5, 5.41) is 2.10. The van der Waals surface area contributed by atoms with Gasteiger partial charge in [0, 0.05) is 29.2 Å². The molecular weight excluding hydrogens is 498 g/mol. The Morgan fingerprint density at radius 1 is 1.08 bits per heavy atom. The monoisotopic (exact) mass is 519 g/mol. The molecule has 5 aromatic rings. The van der Waals surface area contributed by atoms with Gasteiger partial charge in [-0.3, -0.25) is 4.98 Å². The first-order valence-electron chi connectivity index (χ1n) is 11.5. The highest BCUT2D eigenvalue weighted by molar-refractivity contribution is 7.99. The maximum absolute atomic E-state index is 6.75. The van der Waals surface area contributed by atoms with E-state index in [1.807, 2.05) is 30.3 Å². The molecule has 1 aliphatic heterocycles. The molecule has 1 aliphatic rings. The van der Waals surface area contributed by atoms with Crippen molar-refractivity contribution in [2.24, 2.45) is 0 Å². The van der Waals surface area contributed by atoms with Gasteiger partial charge in [-0.25, -0.2) is 19.9 Å². The molecule has 0 atom stereocenters. The van der Waals surface area contributed by atoms with Crippen LogP contribution in [0.3, 0.4) is 0 Å². The third-order valence-electron chi connectivity index (χ3n) is 5.99. The van der Waals surface area contributed by atoms with Gasteiger partial charge in [0.05, 0.1) is 30.6 Å². The zero-order valence-corrected chi connectivity index (χ0v) is 21.2. The van der Waals surface area contributed by atoms with Crippen molar-refractivity contribution in [1.29, 1.82) is 0 Å². The number of rotatable bonds is 7. The highest BCUT2D eigenvalue weighted by atomic mass is 35.5. The van der Waals surface area contributed by atoms with Crippen LogP contribution in [0.25, 0.3) is 22.2 Å². The molecule has 11 heteroatoms. The van der Waals surface area contributed by atoms with Crippen LogP contribution in [0.15, 0.2) is 59.0 Å². The number of nitrogens with zero attached hydrogens (tertiary/aromatic N) is 6. The van der Waals surface area contributed by atoms with Gasteiger partial charge in [-0.1, -0.05) is 18.5 Å². The molecular formula is C25H22ClN7O2S. The predicted molar refractivity (Wildman–Crippen MR) is 139 cm³/mol. The summed E-state index contributed by atoms with van der Waals surface area (Å²) in [4.78, 5) is 29.1. The van der Waals surface area contributed by atoms with Crippen LogP contribution in [0.2, 0.25) is 5.02 Å². The van der Waals surface area contributed by atoms with Crippen molar-refractivity contribution in [3.05, 3.63) is 59.6 Å². The number of aryl methyl sites for hydroxylation is 1. The molecule has 0 radical (unpaired) electrons. The third-order valence-corrected chi connectivity index (χ3v) is 7.24. The summed E-state index contributed by atoms with van der Waals surface area (Å²) >= 11 is 8.17. The molecule has 4 aromatic heterocycles. The Morgan fingerprint density at radius 2 is 1.86 bits per heavy atom. The fourth-order valence-electron chi connectivity index (χ4n) is 4.12. The van der Waals surface area contributed by atoms with E-state index in [0.717, 1.165) is 50.9 Å². The van der Waals surface area contributed by atoms with Crippen molar-refractivity contribution in [3.63, 3.8) is 0 Å². The molecule has 6 rings (SSSR count). The lowest BCUT2D eigenvalue weighted by Gasteiger charge is -2.40. The van der Waals surface area contributed by atoms with Crippen LogP contribution in [-0.2, 0) is 6.42 Å². The molecule has 36 heavy (non-hydrogen) atoms. The number of hydrogen-bond donors (Lipinski definition) is 1. The van der Waals surface area contributed by atoms with Gasteiger partial charge in [-0.15, -0.1) is 0 Å². The van der Waals surface area contributed by atoms with Crippen LogP contribution >= 0.6 is 23.4 Å². The number of aromatic amines is 1. The molecule has 0 bridgehead atoms. The number of anilines is 1. The van der Waals surface area contributed by atoms with Crippen molar-refractivity contribution in [1.82, 2.24) is 29.9 Å². The van der Waals surface area contributed by atoms with Crippen molar-refractivity contribution in [2.75, 3.05) is 25.1 Å². The number of pyridine rings is 1. The first kappa shape index (κ1) is 22.8. The highest BCUT2D eigenvalue weighted by Crippen LogP contribution is 2.38. The molecule has 1 aromatic carbocycles. The topological polar surface area (TPSA) is 102 Å². The van der Waals surface area contributed by atoms with Gasteiger partial charge < -0.3 is 19.4 Å². The van der Waals surface area contributed by atoms with Crippen molar-refractivity contribution in [3.8, 4) is 11.5 Å². The zero-order valence-electron chi connectivity index (χ0n) is 19.6. The SMILES string of the molecule is CCc1[nH]c2nc(Sc3cnc4nccnc4c3)nc(N3CC(Oc4ccc(OC)cc4)C3)c2c1Cl. The minimum absolute atomic E-state index is 0.0474. The average Bonchev–Trinajstić information content (AvgIpc) is 3.21. The van der Waals surface area contributed by atoms with E-state index >= 15 is 0 Å². The number of hydrogen-bond acceptors (Lipinski definition) is 9. The molecule has 5 heterocycles. The van der Waals surface area contributed by atoms with Gasteiger partial charge in [0.1, 0.15) is 34.6 Å². The molecule has 0 aliphatic carbocycles. The molecule has 1 fully saturated rings. The number of halogens is 1. The fourth-order valence-corrected chi connectivity index (χ4v) is 5.23. The second-order valence-corrected chi connectivity index (χ2v) is 9.74. The van der Waals surface area contributed by atoms with Crippen molar-refractivity contribution >= 4 is 51.4 Å². The van der Waals surface area contributed by atoms with E-state index < -0.39 is 0 Å². The standard InChI is InChI=1S/C25H22ClN7O2S/c1-3-18-21(26)20-23(30-18)31-25(36-17-10-19-22(29-11-17)28-9-8-27-19)32-24(20)33-12-16(13-33)35-15-6-4-14(34-2)5-7-15/h4-11,16H,3,12-13H2,1-2H3,(H,30,31,32). The summed E-state index contributed by atoms with van der Waals surface area (Å²) in [7, 11) is 1.65. The lowest BCUT2D eigenvalue weighted by atomic mass is 10.1. The summed E-state index contributed by atoms with van der Waals surface area (Å²) < 4.78 is 11.4. The van der Waals surface area contributed by atoms with E-state index in [1.165, 1.54) is 11.8 Å². The quantitative estimate of drug-likeness (QED) is 0.299. The van der Waals surface area contributed by atoms with Crippen LogP contribution in [0, 0.1) is 0 Å². The van der Waals surface area contributed by atoms with Crippen LogP contribution in [-0.4, -0.2) is 56.2 Å². The minimum Gasteiger partial charge on any atom is -0.497 e. The highest BCUT2D eigenvalue weighted by Gasteiger charge is 2.33. The fraction of sp³-hybridized carbons (Fsp3) is 0.240.